The van der Waals surface area contributed by atoms with Gasteiger partial charge in [-0.1, -0.05) is 6.07 Å². The summed E-state index contributed by atoms with van der Waals surface area (Å²) in [6, 6.07) is 5.64. The van der Waals surface area contributed by atoms with Crippen LogP contribution < -0.4 is 5.32 Å². The second kappa shape index (κ2) is 6.75. The molecule has 3 heterocycles. The van der Waals surface area contributed by atoms with Crippen molar-refractivity contribution >= 4 is 29.0 Å². The third-order valence-electron chi connectivity index (χ3n) is 3.18. The Hall–Kier alpha value is -2.81. The topological polar surface area (TPSA) is 98.5 Å². The molecule has 9 heteroatoms. The van der Waals surface area contributed by atoms with Gasteiger partial charge in [0.25, 0.3) is 17.5 Å². The van der Waals surface area contributed by atoms with Gasteiger partial charge >= 0.3 is 5.97 Å². The predicted octanol–water partition coefficient (Wildman–Crippen LogP) is 1.28. The summed E-state index contributed by atoms with van der Waals surface area (Å²) in [5.41, 5.74) is 1.58. The van der Waals surface area contributed by atoms with E-state index in [0.717, 1.165) is 16.3 Å². The summed E-state index contributed by atoms with van der Waals surface area (Å²) in [6.07, 6.45) is 0. The molecule has 124 valence electrons. The van der Waals surface area contributed by atoms with Gasteiger partial charge < -0.3 is 10.1 Å². The lowest BCUT2D eigenvalue weighted by atomic mass is 10.4. The third kappa shape index (κ3) is 3.57. The number of nitrogens with zero attached hydrogens (tertiary/aromatic N) is 4. The van der Waals surface area contributed by atoms with Crippen LogP contribution in [0.1, 0.15) is 26.9 Å². The first kappa shape index (κ1) is 16.1. The van der Waals surface area contributed by atoms with Crippen LogP contribution in [0.2, 0.25) is 0 Å². The highest BCUT2D eigenvalue weighted by Gasteiger charge is 2.17. The van der Waals surface area contributed by atoms with Crippen LogP contribution in [0.3, 0.4) is 0 Å². The maximum absolute atomic E-state index is 12.0. The Morgan fingerprint density at radius 3 is 2.92 bits per heavy atom. The normalized spacial score (nSPS) is 10.8. The van der Waals surface area contributed by atoms with Crippen molar-refractivity contribution in [2.75, 3.05) is 6.61 Å². The smallest absolute Gasteiger partial charge is 0.378 e. The van der Waals surface area contributed by atoms with Gasteiger partial charge in [-0.25, -0.2) is 14.3 Å². The molecule has 0 fully saturated rings. The standard InChI is InChI=1S/C15H15N5O3S/c1-9-6-10(2)20-15(17-9)18-13(19-20)14(22)23-8-12(21)16-7-11-4-3-5-24-11/h3-6H,7-8H2,1-2H3,(H,16,21). The molecule has 0 saturated heterocycles. The molecule has 3 aromatic rings. The van der Waals surface area contributed by atoms with Crippen LogP contribution in [0.4, 0.5) is 0 Å². The molecule has 1 N–H and O–H groups in total. The molecular formula is C15H15N5O3S. The minimum absolute atomic E-state index is 0.123. The summed E-state index contributed by atoms with van der Waals surface area (Å²) in [7, 11) is 0. The average Bonchev–Trinajstić information content (AvgIpc) is 3.19. The minimum atomic E-state index is -0.760. The number of carbonyl (C=O) groups excluding carboxylic acids is 2. The molecule has 0 aromatic carbocycles. The Labute approximate surface area is 141 Å². The van der Waals surface area contributed by atoms with Crippen LogP contribution in [0.25, 0.3) is 5.78 Å². The molecule has 0 spiro atoms. The van der Waals surface area contributed by atoms with E-state index in [2.05, 4.69) is 20.4 Å². The number of aryl methyl sites for hydroxylation is 2. The average molecular weight is 345 g/mol. The van der Waals surface area contributed by atoms with Crippen molar-refractivity contribution in [3.05, 3.63) is 45.7 Å². The highest BCUT2D eigenvalue weighted by atomic mass is 32.1. The van der Waals surface area contributed by atoms with E-state index in [1.807, 2.05) is 37.4 Å². The van der Waals surface area contributed by atoms with Crippen LogP contribution in [0.5, 0.6) is 0 Å². The Kier molecular flexibility index (Phi) is 4.52. The van der Waals surface area contributed by atoms with Gasteiger partial charge in [0.05, 0.1) is 6.54 Å². The summed E-state index contributed by atoms with van der Waals surface area (Å²) in [5, 5.41) is 8.65. The van der Waals surface area contributed by atoms with Crippen LogP contribution >= 0.6 is 11.3 Å². The first-order valence-corrected chi connectivity index (χ1v) is 8.08. The number of nitrogens with one attached hydrogen (secondary N) is 1. The number of carbonyl (C=O) groups is 2. The van der Waals surface area contributed by atoms with Crippen molar-refractivity contribution in [1.82, 2.24) is 24.9 Å². The van der Waals surface area contributed by atoms with E-state index in [0.29, 0.717) is 12.3 Å². The molecule has 1 amide bonds. The van der Waals surface area contributed by atoms with Gasteiger partial charge in [0.2, 0.25) is 0 Å². The second-order valence-electron chi connectivity index (χ2n) is 5.12. The van der Waals surface area contributed by atoms with Crippen LogP contribution in [-0.2, 0) is 16.1 Å². The lowest BCUT2D eigenvalue weighted by Gasteiger charge is -2.03. The Morgan fingerprint density at radius 1 is 1.33 bits per heavy atom. The molecular weight excluding hydrogens is 330 g/mol. The zero-order valence-electron chi connectivity index (χ0n) is 13.1. The third-order valence-corrected chi connectivity index (χ3v) is 4.05. The Bertz CT molecular complexity index is 888. The number of ether oxygens (including phenoxy) is 1. The zero-order chi connectivity index (χ0) is 17.1. The Morgan fingerprint density at radius 2 is 2.17 bits per heavy atom. The van der Waals surface area contributed by atoms with Gasteiger partial charge in [0.1, 0.15) is 0 Å². The lowest BCUT2D eigenvalue weighted by molar-refractivity contribution is -0.124. The molecule has 0 aliphatic heterocycles. The van der Waals surface area contributed by atoms with Gasteiger partial charge in [-0.3, -0.25) is 4.79 Å². The maximum atomic E-state index is 12.0. The van der Waals surface area contributed by atoms with E-state index in [-0.39, 0.29) is 18.3 Å². The molecule has 3 aromatic heterocycles. The van der Waals surface area contributed by atoms with Crippen molar-refractivity contribution in [3.8, 4) is 0 Å². The molecule has 0 aliphatic rings. The molecule has 0 bridgehead atoms. The number of fused-ring (bicyclic) bond motifs is 1. The number of esters is 1. The van der Waals surface area contributed by atoms with Gasteiger partial charge in [-0.15, -0.1) is 16.4 Å². The molecule has 0 unspecified atom stereocenters. The fourth-order valence-electron chi connectivity index (χ4n) is 2.10. The van der Waals surface area contributed by atoms with Crippen LogP contribution in [-0.4, -0.2) is 38.1 Å². The van der Waals surface area contributed by atoms with Crippen molar-refractivity contribution in [3.63, 3.8) is 0 Å². The number of hydrogen-bond donors (Lipinski definition) is 1. The fourth-order valence-corrected chi connectivity index (χ4v) is 2.74. The number of hydrogen-bond acceptors (Lipinski definition) is 7. The summed E-state index contributed by atoms with van der Waals surface area (Å²) >= 11 is 1.54. The number of thiophene rings is 1. The van der Waals surface area contributed by atoms with Crippen LogP contribution in [0, 0.1) is 13.8 Å². The van der Waals surface area contributed by atoms with E-state index in [1.165, 1.54) is 15.9 Å². The maximum Gasteiger partial charge on any atom is 0.378 e. The molecule has 24 heavy (non-hydrogen) atoms. The lowest BCUT2D eigenvalue weighted by Crippen LogP contribution is -2.28. The molecule has 0 radical (unpaired) electrons. The predicted molar refractivity (Wildman–Crippen MR) is 86.7 cm³/mol. The number of amides is 1. The van der Waals surface area contributed by atoms with Gasteiger partial charge in [-0.05, 0) is 31.4 Å². The van der Waals surface area contributed by atoms with Gasteiger partial charge in [0, 0.05) is 16.3 Å². The quantitative estimate of drug-likeness (QED) is 0.699. The van der Waals surface area contributed by atoms with Gasteiger partial charge in [-0.2, -0.15) is 4.98 Å². The summed E-state index contributed by atoms with van der Waals surface area (Å²) < 4.78 is 6.40. The van der Waals surface area contributed by atoms with E-state index >= 15 is 0 Å². The van der Waals surface area contributed by atoms with Crippen molar-refractivity contribution in [2.24, 2.45) is 0 Å². The fraction of sp³-hybridized carbons (Fsp3) is 0.267. The molecule has 0 aliphatic carbocycles. The van der Waals surface area contributed by atoms with E-state index in [4.69, 9.17) is 4.74 Å². The Balaban J connectivity index is 1.58. The van der Waals surface area contributed by atoms with Crippen molar-refractivity contribution in [2.45, 2.75) is 20.4 Å². The number of aromatic nitrogens is 4. The molecule has 3 rings (SSSR count). The summed E-state index contributed by atoms with van der Waals surface area (Å²) in [5.74, 6) is -0.946. The minimum Gasteiger partial charge on any atom is -0.450 e. The highest BCUT2D eigenvalue weighted by molar-refractivity contribution is 7.09. The van der Waals surface area contributed by atoms with E-state index < -0.39 is 5.97 Å². The summed E-state index contributed by atoms with van der Waals surface area (Å²) in [6.45, 7) is 3.69. The van der Waals surface area contributed by atoms with Crippen molar-refractivity contribution in [1.29, 1.82) is 0 Å². The highest BCUT2D eigenvalue weighted by Crippen LogP contribution is 2.08. The summed E-state index contributed by atoms with van der Waals surface area (Å²) in [4.78, 5) is 32.9. The first-order valence-electron chi connectivity index (χ1n) is 7.20. The first-order chi connectivity index (χ1) is 11.5. The zero-order valence-corrected chi connectivity index (χ0v) is 14.0. The van der Waals surface area contributed by atoms with Gasteiger partial charge in [0.15, 0.2) is 6.61 Å². The SMILES string of the molecule is Cc1cc(C)n2nc(C(=O)OCC(=O)NCc3cccs3)nc2n1. The molecule has 8 nitrogen and oxygen atoms in total. The van der Waals surface area contributed by atoms with Crippen LogP contribution in [0.15, 0.2) is 23.6 Å². The van der Waals surface area contributed by atoms with E-state index in [1.54, 1.807) is 0 Å². The largest absolute Gasteiger partial charge is 0.450 e. The van der Waals surface area contributed by atoms with Crippen molar-refractivity contribution < 1.29 is 14.3 Å². The van der Waals surface area contributed by atoms with E-state index in [9.17, 15) is 9.59 Å². The molecule has 0 saturated carbocycles. The monoisotopic (exact) mass is 345 g/mol. The second-order valence-corrected chi connectivity index (χ2v) is 6.15. The number of rotatable bonds is 5. The molecule has 0 atom stereocenters.